The van der Waals surface area contributed by atoms with Crippen molar-refractivity contribution in [1.29, 1.82) is 0 Å². The van der Waals surface area contributed by atoms with Crippen LogP contribution in [0, 0.1) is 6.92 Å². The normalized spacial score (nSPS) is 11.5. The molecule has 5 heteroatoms. The van der Waals surface area contributed by atoms with E-state index in [0.29, 0.717) is 16.3 Å². The molecule has 2 amide bonds. The van der Waals surface area contributed by atoms with Crippen LogP contribution in [0.2, 0.25) is 5.02 Å². The van der Waals surface area contributed by atoms with Crippen LogP contribution in [-0.4, -0.2) is 11.8 Å². The lowest BCUT2D eigenvalue weighted by Crippen LogP contribution is -2.31. The molecule has 0 aliphatic heterocycles. The molecule has 0 spiro atoms. The molecule has 0 radical (unpaired) electrons. The number of hydrogen-bond donors (Lipinski definition) is 2. The topological polar surface area (TPSA) is 58.2 Å². The van der Waals surface area contributed by atoms with Crippen molar-refractivity contribution >= 4 is 29.1 Å². The fraction of sp³-hybridized carbons (Fsp3) is 0.130. The maximum Gasteiger partial charge on any atom is 0.251 e. The number of benzene rings is 3. The van der Waals surface area contributed by atoms with E-state index in [1.54, 1.807) is 36.4 Å². The van der Waals surface area contributed by atoms with Gasteiger partial charge in [0.2, 0.25) is 5.91 Å². The summed E-state index contributed by atoms with van der Waals surface area (Å²) in [5.74, 6) is -0.455. The van der Waals surface area contributed by atoms with Crippen molar-refractivity contribution in [3.8, 4) is 0 Å². The summed E-state index contributed by atoms with van der Waals surface area (Å²) < 4.78 is 0. The van der Waals surface area contributed by atoms with Crippen LogP contribution in [0.5, 0.6) is 0 Å². The Bertz CT molecular complexity index is 959. The molecule has 0 aromatic heterocycles. The zero-order chi connectivity index (χ0) is 19.9. The van der Waals surface area contributed by atoms with Crippen LogP contribution in [0.3, 0.4) is 0 Å². The van der Waals surface area contributed by atoms with E-state index in [1.165, 1.54) is 0 Å². The minimum Gasteiger partial charge on any atom is -0.345 e. The van der Waals surface area contributed by atoms with E-state index in [4.69, 9.17) is 11.6 Å². The van der Waals surface area contributed by atoms with Crippen molar-refractivity contribution in [2.75, 3.05) is 5.32 Å². The largest absolute Gasteiger partial charge is 0.345 e. The quantitative estimate of drug-likeness (QED) is 0.609. The van der Waals surface area contributed by atoms with Gasteiger partial charge in [-0.15, -0.1) is 0 Å². The summed E-state index contributed by atoms with van der Waals surface area (Å²) >= 11 is 6.21. The molecule has 3 aromatic rings. The first-order valence-corrected chi connectivity index (χ1v) is 9.37. The summed E-state index contributed by atoms with van der Waals surface area (Å²) in [5.41, 5.74) is 2.97. The van der Waals surface area contributed by atoms with Crippen LogP contribution in [0.15, 0.2) is 78.9 Å². The molecule has 1 atom stereocenters. The summed E-state index contributed by atoms with van der Waals surface area (Å²) in [7, 11) is 0. The molecule has 28 heavy (non-hydrogen) atoms. The van der Waals surface area contributed by atoms with Gasteiger partial charge in [0.25, 0.3) is 5.91 Å². The number of hydrogen-bond acceptors (Lipinski definition) is 2. The summed E-state index contributed by atoms with van der Waals surface area (Å²) in [4.78, 5) is 25.2. The Morgan fingerprint density at radius 1 is 0.929 bits per heavy atom. The van der Waals surface area contributed by atoms with Gasteiger partial charge in [0.15, 0.2) is 0 Å². The maximum atomic E-state index is 12.6. The Kier molecular flexibility index (Phi) is 6.45. The molecule has 0 saturated heterocycles. The zero-order valence-corrected chi connectivity index (χ0v) is 16.2. The molecule has 2 N–H and O–H groups in total. The van der Waals surface area contributed by atoms with E-state index < -0.39 is 6.04 Å². The highest BCUT2D eigenvalue weighted by Gasteiger charge is 2.19. The first-order chi connectivity index (χ1) is 13.5. The molecule has 0 bridgehead atoms. The number of aryl methyl sites for hydroxylation is 1. The van der Waals surface area contributed by atoms with E-state index in [0.717, 1.165) is 11.1 Å². The third-order valence-electron chi connectivity index (χ3n) is 4.33. The van der Waals surface area contributed by atoms with Gasteiger partial charge in [-0.05, 0) is 42.3 Å². The average molecular weight is 393 g/mol. The molecule has 4 nitrogen and oxygen atoms in total. The Hall–Kier alpha value is -3.11. The third kappa shape index (κ3) is 5.21. The van der Waals surface area contributed by atoms with Crippen LogP contribution in [0.25, 0.3) is 0 Å². The predicted octanol–water partition coefficient (Wildman–Crippen LogP) is 5.15. The van der Waals surface area contributed by atoms with Crippen LogP contribution >= 0.6 is 11.6 Å². The van der Waals surface area contributed by atoms with Crippen molar-refractivity contribution in [2.24, 2.45) is 0 Å². The SMILES string of the molecule is Cc1ccc(NC(=O)C[C@@H](NC(=O)c2ccccc2)c2ccccc2)c(Cl)c1. The lowest BCUT2D eigenvalue weighted by atomic mass is 10.0. The van der Waals surface area contributed by atoms with Crippen LogP contribution in [0.4, 0.5) is 5.69 Å². The predicted molar refractivity (Wildman–Crippen MR) is 113 cm³/mol. The second-order valence-electron chi connectivity index (χ2n) is 6.54. The van der Waals surface area contributed by atoms with Gasteiger partial charge in [0.05, 0.1) is 23.2 Å². The summed E-state index contributed by atoms with van der Waals surface area (Å²) in [5, 5.41) is 6.27. The van der Waals surface area contributed by atoms with Gasteiger partial charge in [-0.3, -0.25) is 9.59 Å². The number of anilines is 1. The standard InChI is InChI=1S/C23H21ClN2O2/c1-16-12-13-20(19(24)14-16)25-22(27)15-21(17-8-4-2-5-9-17)26-23(28)18-10-6-3-7-11-18/h2-14,21H,15H2,1H3,(H,25,27)(H,26,28)/t21-/m1/s1. The second-order valence-corrected chi connectivity index (χ2v) is 6.95. The highest BCUT2D eigenvalue weighted by atomic mass is 35.5. The van der Waals surface area contributed by atoms with E-state index in [9.17, 15) is 9.59 Å². The lowest BCUT2D eigenvalue weighted by Gasteiger charge is -2.19. The molecule has 0 fully saturated rings. The maximum absolute atomic E-state index is 12.6. The fourth-order valence-corrected chi connectivity index (χ4v) is 3.16. The van der Waals surface area contributed by atoms with Crippen LogP contribution in [-0.2, 0) is 4.79 Å². The minimum absolute atomic E-state index is 0.0901. The molecule has 0 unspecified atom stereocenters. The molecule has 0 aliphatic carbocycles. The molecule has 0 heterocycles. The van der Waals surface area contributed by atoms with Gasteiger partial charge >= 0.3 is 0 Å². The Morgan fingerprint density at radius 2 is 1.57 bits per heavy atom. The number of carbonyl (C=O) groups is 2. The van der Waals surface area contributed by atoms with Gasteiger partial charge in [-0.2, -0.15) is 0 Å². The van der Waals surface area contributed by atoms with Crippen LogP contribution < -0.4 is 10.6 Å². The molecular formula is C23H21ClN2O2. The monoisotopic (exact) mass is 392 g/mol. The molecule has 0 aliphatic rings. The third-order valence-corrected chi connectivity index (χ3v) is 4.64. The Morgan fingerprint density at radius 3 is 2.21 bits per heavy atom. The Labute approximate surface area is 169 Å². The summed E-state index contributed by atoms with van der Waals surface area (Å²) in [6.07, 6.45) is 0.0901. The van der Waals surface area contributed by atoms with Gasteiger partial charge in [-0.1, -0.05) is 66.2 Å². The summed E-state index contributed by atoms with van der Waals surface area (Å²) in [6.45, 7) is 1.93. The van der Waals surface area contributed by atoms with Crippen molar-refractivity contribution < 1.29 is 9.59 Å². The number of rotatable bonds is 6. The van der Waals surface area contributed by atoms with Crippen molar-refractivity contribution in [2.45, 2.75) is 19.4 Å². The number of amides is 2. The molecule has 142 valence electrons. The first kappa shape index (κ1) is 19.6. The van der Waals surface area contributed by atoms with Crippen molar-refractivity contribution in [3.63, 3.8) is 0 Å². The number of carbonyl (C=O) groups excluding carboxylic acids is 2. The van der Waals surface area contributed by atoms with Gasteiger partial charge in [0.1, 0.15) is 0 Å². The zero-order valence-electron chi connectivity index (χ0n) is 15.5. The first-order valence-electron chi connectivity index (χ1n) is 9.00. The van der Waals surface area contributed by atoms with E-state index in [1.807, 2.05) is 49.4 Å². The number of nitrogens with one attached hydrogen (secondary N) is 2. The van der Waals surface area contributed by atoms with Gasteiger partial charge in [-0.25, -0.2) is 0 Å². The van der Waals surface area contributed by atoms with E-state index in [2.05, 4.69) is 10.6 Å². The molecule has 0 saturated carbocycles. The summed E-state index contributed by atoms with van der Waals surface area (Å²) in [6, 6.07) is 23.4. The van der Waals surface area contributed by atoms with Gasteiger partial charge < -0.3 is 10.6 Å². The molecule has 3 aromatic carbocycles. The number of halogens is 1. The van der Waals surface area contributed by atoms with Crippen LogP contribution in [0.1, 0.15) is 33.9 Å². The second kappa shape index (κ2) is 9.20. The highest BCUT2D eigenvalue weighted by molar-refractivity contribution is 6.33. The highest BCUT2D eigenvalue weighted by Crippen LogP contribution is 2.24. The lowest BCUT2D eigenvalue weighted by molar-refractivity contribution is -0.116. The van der Waals surface area contributed by atoms with Crippen molar-refractivity contribution in [3.05, 3.63) is 101 Å². The molecular weight excluding hydrogens is 372 g/mol. The molecule has 3 rings (SSSR count). The van der Waals surface area contributed by atoms with Crippen molar-refractivity contribution in [1.82, 2.24) is 5.32 Å². The fourth-order valence-electron chi connectivity index (χ4n) is 2.88. The minimum atomic E-state index is -0.460. The van der Waals surface area contributed by atoms with E-state index in [-0.39, 0.29) is 18.2 Å². The van der Waals surface area contributed by atoms with E-state index >= 15 is 0 Å². The smallest absolute Gasteiger partial charge is 0.251 e. The Balaban J connectivity index is 1.75. The average Bonchev–Trinajstić information content (AvgIpc) is 2.71. The van der Waals surface area contributed by atoms with Gasteiger partial charge in [0, 0.05) is 5.56 Å².